The Morgan fingerprint density at radius 1 is 1.39 bits per heavy atom. The molecule has 0 radical (unpaired) electrons. The van der Waals surface area contributed by atoms with Crippen LogP contribution in [-0.2, 0) is 20.8 Å². The van der Waals surface area contributed by atoms with Crippen LogP contribution in [0.15, 0.2) is 18.3 Å². The van der Waals surface area contributed by atoms with Crippen molar-refractivity contribution in [3.63, 3.8) is 0 Å². The number of H-pyrrole nitrogens is 1. The van der Waals surface area contributed by atoms with E-state index in [9.17, 15) is 22.4 Å². The van der Waals surface area contributed by atoms with E-state index in [1.807, 2.05) is 6.92 Å². The van der Waals surface area contributed by atoms with E-state index in [-0.39, 0.29) is 40.3 Å². The van der Waals surface area contributed by atoms with Gasteiger partial charge in [-0.1, -0.05) is 11.6 Å². The van der Waals surface area contributed by atoms with E-state index in [4.69, 9.17) is 21.1 Å². The van der Waals surface area contributed by atoms with Crippen LogP contribution < -0.4 is 10.6 Å². The van der Waals surface area contributed by atoms with Crippen molar-refractivity contribution < 1.29 is 36.6 Å². The van der Waals surface area contributed by atoms with Crippen molar-refractivity contribution in [2.75, 3.05) is 11.9 Å². The number of carbonyl (C=O) groups is 1. The number of halogens is 5. The molecule has 1 aliphatic carbocycles. The first-order valence-corrected chi connectivity index (χ1v) is 11.2. The maximum Gasteiger partial charge on any atom is 0.522 e. The highest BCUT2D eigenvalue weighted by molar-refractivity contribution is 6.29. The lowest BCUT2D eigenvalue weighted by molar-refractivity contribution is -0.330. The van der Waals surface area contributed by atoms with Crippen LogP contribution in [0.4, 0.5) is 34.0 Å². The molecule has 1 amide bonds. The predicted molar refractivity (Wildman–Crippen MR) is 115 cm³/mol. The molecular formula is C20H20ClF4N7O4. The molecule has 36 heavy (non-hydrogen) atoms. The summed E-state index contributed by atoms with van der Waals surface area (Å²) in [5.41, 5.74) is 0.269. The highest BCUT2D eigenvalue weighted by Crippen LogP contribution is 2.36. The zero-order valence-corrected chi connectivity index (χ0v) is 19.4. The number of hydrogen-bond donors (Lipinski definition) is 3. The van der Waals surface area contributed by atoms with Crippen molar-refractivity contribution in [3.05, 3.63) is 34.9 Å². The molecule has 16 heteroatoms. The van der Waals surface area contributed by atoms with Gasteiger partial charge in [-0.3, -0.25) is 9.84 Å². The van der Waals surface area contributed by atoms with Crippen LogP contribution >= 0.6 is 11.6 Å². The normalized spacial score (nSPS) is 23.1. The summed E-state index contributed by atoms with van der Waals surface area (Å²) in [7, 11) is 0. The Balaban J connectivity index is 1.26. The summed E-state index contributed by atoms with van der Waals surface area (Å²) >= 11 is 6.01. The lowest BCUT2D eigenvalue weighted by atomic mass is 10.1. The minimum Gasteiger partial charge on any atom is -0.441 e. The number of aromatic amines is 1. The molecule has 3 atom stereocenters. The lowest BCUT2D eigenvalue weighted by Gasteiger charge is -2.17. The molecule has 3 aromatic heterocycles. The van der Waals surface area contributed by atoms with E-state index >= 15 is 0 Å². The summed E-state index contributed by atoms with van der Waals surface area (Å²) in [6, 6.07) is 2.81. The third kappa shape index (κ3) is 5.47. The number of ether oxygens (including phenoxy) is 3. The van der Waals surface area contributed by atoms with Crippen LogP contribution in [0.25, 0.3) is 5.52 Å². The molecule has 3 aromatic rings. The molecule has 0 aromatic carbocycles. The Morgan fingerprint density at radius 2 is 2.17 bits per heavy atom. The summed E-state index contributed by atoms with van der Waals surface area (Å²) in [5.74, 6) is 0.345. The topological polar surface area (TPSA) is 128 Å². The van der Waals surface area contributed by atoms with Crippen LogP contribution in [-0.4, -0.2) is 61.7 Å². The second kappa shape index (κ2) is 9.05. The Labute approximate surface area is 205 Å². The second-order valence-electron chi connectivity index (χ2n) is 8.77. The van der Waals surface area contributed by atoms with Crippen molar-refractivity contribution in [1.82, 2.24) is 30.1 Å². The third-order valence-electron chi connectivity index (χ3n) is 5.76. The van der Waals surface area contributed by atoms with E-state index in [0.717, 1.165) is 12.8 Å². The molecule has 1 saturated carbocycles. The zero-order chi connectivity index (χ0) is 25.7. The van der Waals surface area contributed by atoms with Gasteiger partial charge in [0.05, 0.1) is 24.2 Å². The summed E-state index contributed by atoms with van der Waals surface area (Å²) in [5, 5.41) is 16.3. The largest absolute Gasteiger partial charge is 0.522 e. The van der Waals surface area contributed by atoms with Crippen LogP contribution in [0, 0.1) is 0 Å². The standard InChI is InChI=1S/C20H20ClF4N7O4/c1-19(2-3-19)28-18(33)36-12-8-34-16(15(12)22)10-5-14(30-29-10)27-17-11-4-9(7-35-20(23,24)25)31-32(11)6-13(21)26-17/h4-6,12,15-16H,2-3,7-8H2,1H3,(H,28,33)(H2,26,27,29,30)/t12-,15+,16-/m1/s1. The molecule has 3 N–H and O–H groups in total. The maximum atomic E-state index is 15.0. The first-order valence-electron chi connectivity index (χ1n) is 10.8. The molecule has 1 saturated heterocycles. The molecule has 0 bridgehead atoms. The van der Waals surface area contributed by atoms with Gasteiger partial charge in [0, 0.05) is 11.6 Å². The average molecular weight is 534 g/mol. The molecule has 11 nitrogen and oxygen atoms in total. The van der Waals surface area contributed by atoms with Crippen molar-refractivity contribution in [3.8, 4) is 0 Å². The molecule has 1 aliphatic heterocycles. The van der Waals surface area contributed by atoms with Crippen LogP contribution in [0.3, 0.4) is 0 Å². The molecule has 2 aliphatic rings. The Hall–Kier alpha value is -3.17. The van der Waals surface area contributed by atoms with Gasteiger partial charge in [-0.15, -0.1) is 13.2 Å². The van der Waals surface area contributed by atoms with Gasteiger partial charge in [0.2, 0.25) is 0 Å². The number of anilines is 2. The number of alkyl halides is 4. The van der Waals surface area contributed by atoms with Gasteiger partial charge in [-0.05, 0) is 25.8 Å². The second-order valence-corrected chi connectivity index (χ2v) is 9.16. The molecule has 5 rings (SSSR count). The number of fused-ring (bicyclic) bond motifs is 1. The van der Waals surface area contributed by atoms with Crippen molar-refractivity contribution in [2.24, 2.45) is 0 Å². The number of rotatable bonds is 7. The Kier molecular flexibility index (Phi) is 6.16. The zero-order valence-electron chi connectivity index (χ0n) is 18.6. The first kappa shape index (κ1) is 24.5. The van der Waals surface area contributed by atoms with Gasteiger partial charge >= 0.3 is 12.5 Å². The fraction of sp³-hybridized carbons (Fsp3) is 0.500. The van der Waals surface area contributed by atoms with Gasteiger partial charge in [-0.25, -0.2) is 18.7 Å². The van der Waals surface area contributed by atoms with E-state index < -0.39 is 37.4 Å². The smallest absolute Gasteiger partial charge is 0.441 e. The van der Waals surface area contributed by atoms with E-state index in [1.54, 1.807) is 0 Å². The van der Waals surface area contributed by atoms with E-state index in [1.165, 1.54) is 22.8 Å². The van der Waals surface area contributed by atoms with Crippen molar-refractivity contribution in [1.29, 1.82) is 0 Å². The van der Waals surface area contributed by atoms with Gasteiger partial charge in [0.1, 0.15) is 23.4 Å². The fourth-order valence-corrected chi connectivity index (χ4v) is 3.84. The summed E-state index contributed by atoms with van der Waals surface area (Å²) in [4.78, 5) is 16.1. The SMILES string of the molecule is CC1(NC(=O)O[C@@H]2CO[C@H](c3cc(Nc4nc(Cl)cn5nc(COC(F)(F)F)cc45)n[nH]3)[C@H]2F)CC1. The summed E-state index contributed by atoms with van der Waals surface area (Å²) in [6.45, 7) is 0.941. The molecule has 2 fully saturated rings. The Morgan fingerprint density at radius 3 is 2.89 bits per heavy atom. The lowest BCUT2D eigenvalue weighted by Crippen LogP contribution is -2.39. The van der Waals surface area contributed by atoms with Gasteiger partial charge in [-0.2, -0.15) is 10.2 Å². The number of carbonyl (C=O) groups excluding carboxylic acids is 1. The molecule has 0 unspecified atom stereocenters. The van der Waals surface area contributed by atoms with Gasteiger partial charge < -0.3 is 20.1 Å². The van der Waals surface area contributed by atoms with Crippen LogP contribution in [0.5, 0.6) is 0 Å². The number of nitrogens with zero attached hydrogens (tertiary/aromatic N) is 4. The first-order chi connectivity index (χ1) is 17.0. The molecule has 0 spiro atoms. The number of nitrogens with one attached hydrogen (secondary N) is 3. The molecular weight excluding hydrogens is 514 g/mol. The summed E-state index contributed by atoms with van der Waals surface area (Å²) in [6.07, 6.45) is -6.30. The molecule has 4 heterocycles. The van der Waals surface area contributed by atoms with Crippen LogP contribution in [0.2, 0.25) is 5.15 Å². The van der Waals surface area contributed by atoms with E-state index in [2.05, 4.69) is 35.7 Å². The van der Waals surface area contributed by atoms with Gasteiger partial charge in [0.25, 0.3) is 0 Å². The third-order valence-corrected chi connectivity index (χ3v) is 5.94. The number of alkyl carbamates (subject to hydrolysis) is 1. The number of hydrogen-bond acceptors (Lipinski definition) is 8. The van der Waals surface area contributed by atoms with E-state index in [0.29, 0.717) is 5.52 Å². The van der Waals surface area contributed by atoms with Gasteiger partial charge in [0.15, 0.2) is 23.9 Å². The summed E-state index contributed by atoms with van der Waals surface area (Å²) < 4.78 is 67.8. The van der Waals surface area contributed by atoms with Crippen LogP contribution in [0.1, 0.15) is 37.3 Å². The minimum atomic E-state index is -4.81. The monoisotopic (exact) mass is 533 g/mol. The van der Waals surface area contributed by atoms with Crippen molar-refractivity contribution >= 4 is 34.8 Å². The highest BCUT2D eigenvalue weighted by atomic mass is 35.5. The highest BCUT2D eigenvalue weighted by Gasteiger charge is 2.44. The minimum absolute atomic E-state index is 0.00690. The number of aromatic nitrogens is 5. The molecule has 194 valence electrons. The average Bonchev–Trinajstić information content (AvgIpc) is 3.12. The maximum absolute atomic E-state index is 15.0. The van der Waals surface area contributed by atoms with Crippen molar-refractivity contribution in [2.45, 2.75) is 56.7 Å². The Bertz CT molecular complexity index is 1280. The fourth-order valence-electron chi connectivity index (χ4n) is 3.66. The quantitative estimate of drug-likeness (QED) is 0.390. The predicted octanol–water partition coefficient (Wildman–Crippen LogP) is 3.94. The number of amides is 1.